The van der Waals surface area contributed by atoms with E-state index in [1.54, 1.807) is 12.1 Å². The summed E-state index contributed by atoms with van der Waals surface area (Å²) < 4.78 is 53.0. The van der Waals surface area contributed by atoms with Gasteiger partial charge in [-0.15, -0.1) is 0 Å². The molecule has 2 aromatic rings. The van der Waals surface area contributed by atoms with E-state index in [1.807, 2.05) is 0 Å². The highest BCUT2D eigenvalue weighted by atomic mass is 32.2. The molecule has 0 radical (unpaired) electrons. The predicted octanol–water partition coefficient (Wildman–Crippen LogP) is 2.46. The standard InChI is InChI=1S/C19H23F2N3O2S/c20-16-5-7-18(8-6-16)24-13-11-23(12-14-24)10-2-9-22-27(25,26)19-4-1-3-17(21)15-19/h1,3-8,15,22H,2,9-14H2. The Labute approximate surface area is 158 Å². The van der Waals surface area contributed by atoms with E-state index >= 15 is 0 Å². The molecule has 5 nitrogen and oxygen atoms in total. The van der Waals surface area contributed by atoms with Crippen molar-refractivity contribution in [3.05, 3.63) is 60.2 Å². The maximum absolute atomic E-state index is 13.2. The second-order valence-corrected chi connectivity index (χ2v) is 8.28. The minimum absolute atomic E-state index is 0.0598. The Morgan fingerprint density at radius 1 is 0.926 bits per heavy atom. The van der Waals surface area contributed by atoms with Crippen molar-refractivity contribution in [2.75, 3.05) is 44.2 Å². The van der Waals surface area contributed by atoms with Gasteiger partial charge in [0.25, 0.3) is 0 Å². The van der Waals surface area contributed by atoms with Gasteiger partial charge in [0.2, 0.25) is 10.0 Å². The lowest BCUT2D eigenvalue weighted by molar-refractivity contribution is 0.255. The van der Waals surface area contributed by atoms with Crippen molar-refractivity contribution in [3.63, 3.8) is 0 Å². The van der Waals surface area contributed by atoms with Crippen molar-refractivity contribution in [3.8, 4) is 0 Å². The third kappa shape index (κ3) is 5.47. The summed E-state index contributed by atoms with van der Waals surface area (Å²) in [6.07, 6.45) is 0.672. The van der Waals surface area contributed by atoms with Gasteiger partial charge in [0.15, 0.2) is 0 Å². The highest BCUT2D eigenvalue weighted by molar-refractivity contribution is 7.89. The molecule has 0 spiro atoms. The number of benzene rings is 2. The first-order valence-corrected chi connectivity index (χ1v) is 10.4. The number of nitrogens with zero attached hydrogens (tertiary/aromatic N) is 2. The predicted molar refractivity (Wildman–Crippen MR) is 101 cm³/mol. The summed E-state index contributed by atoms with van der Waals surface area (Å²) in [5, 5.41) is 0. The molecule has 0 aliphatic carbocycles. The Hall–Kier alpha value is -2.03. The van der Waals surface area contributed by atoms with Gasteiger partial charge in [-0.25, -0.2) is 21.9 Å². The minimum atomic E-state index is -3.68. The first kappa shape index (κ1) is 19.7. The highest BCUT2D eigenvalue weighted by Crippen LogP contribution is 2.17. The molecule has 1 heterocycles. The molecule has 3 rings (SSSR count). The van der Waals surface area contributed by atoms with Crippen molar-refractivity contribution < 1.29 is 17.2 Å². The molecule has 1 aliphatic rings. The Kier molecular flexibility index (Phi) is 6.41. The zero-order valence-corrected chi connectivity index (χ0v) is 15.8. The van der Waals surface area contributed by atoms with E-state index in [0.29, 0.717) is 13.0 Å². The van der Waals surface area contributed by atoms with E-state index in [4.69, 9.17) is 0 Å². The maximum atomic E-state index is 13.2. The lowest BCUT2D eigenvalue weighted by atomic mass is 10.2. The van der Waals surface area contributed by atoms with Crippen LogP contribution in [-0.4, -0.2) is 52.6 Å². The van der Waals surface area contributed by atoms with Crippen molar-refractivity contribution in [1.29, 1.82) is 0 Å². The summed E-state index contributed by atoms with van der Waals surface area (Å²) in [6, 6.07) is 11.5. The van der Waals surface area contributed by atoms with Gasteiger partial charge in [0, 0.05) is 38.4 Å². The number of sulfonamides is 1. The quantitative estimate of drug-likeness (QED) is 0.732. The van der Waals surface area contributed by atoms with Crippen LogP contribution < -0.4 is 9.62 Å². The fourth-order valence-electron chi connectivity index (χ4n) is 3.11. The Morgan fingerprint density at radius 2 is 1.63 bits per heavy atom. The number of piperazine rings is 1. The summed E-state index contributed by atoms with van der Waals surface area (Å²) in [7, 11) is -3.68. The molecule has 8 heteroatoms. The van der Waals surface area contributed by atoms with E-state index in [2.05, 4.69) is 14.5 Å². The van der Waals surface area contributed by atoms with Gasteiger partial charge in [-0.1, -0.05) is 6.07 Å². The third-order valence-corrected chi connectivity index (χ3v) is 6.07. The number of hydrogen-bond acceptors (Lipinski definition) is 4. The zero-order valence-electron chi connectivity index (χ0n) is 14.9. The van der Waals surface area contributed by atoms with Gasteiger partial charge in [-0.05, 0) is 55.4 Å². The topological polar surface area (TPSA) is 52.7 Å². The van der Waals surface area contributed by atoms with Gasteiger partial charge in [-0.2, -0.15) is 0 Å². The first-order chi connectivity index (χ1) is 12.9. The largest absolute Gasteiger partial charge is 0.369 e. The van der Waals surface area contributed by atoms with Crippen LogP contribution in [0.4, 0.5) is 14.5 Å². The normalized spacial score (nSPS) is 15.9. The smallest absolute Gasteiger partial charge is 0.240 e. The maximum Gasteiger partial charge on any atom is 0.240 e. The Balaban J connectivity index is 1.40. The molecular weight excluding hydrogens is 372 g/mol. The molecule has 27 heavy (non-hydrogen) atoms. The molecule has 1 fully saturated rings. The van der Waals surface area contributed by atoms with Crippen LogP contribution in [0.5, 0.6) is 0 Å². The number of hydrogen-bond donors (Lipinski definition) is 1. The van der Waals surface area contributed by atoms with Gasteiger partial charge in [0.1, 0.15) is 11.6 Å². The summed E-state index contributed by atoms with van der Waals surface area (Å²) in [6.45, 7) is 4.52. The molecule has 146 valence electrons. The van der Waals surface area contributed by atoms with Crippen LogP contribution in [0.25, 0.3) is 0 Å². The first-order valence-electron chi connectivity index (χ1n) is 8.92. The molecule has 0 bridgehead atoms. The van der Waals surface area contributed by atoms with Gasteiger partial charge >= 0.3 is 0 Å². The van der Waals surface area contributed by atoms with E-state index in [9.17, 15) is 17.2 Å². The van der Waals surface area contributed by atoms with E-state index < -0.39 is 15.8 Å². The fraction of sp³-hybridized carbons (Fsp3) is 0.368. The van der Waals surface area contributed by atoms with Crippen molar-refractivity contribution in [2.24, 2.45) is 0 Å². The Morgan fingerprint density at radius 3 is 2.30 bits per heavy atom. The fourth-order valence-corrected chi connectivity index (χ4v) is 4.21. The molecule has 0 aromatic heterocycles. The minimum Gasteiger partial charge on any atom is -0.369 e. The van der Waals surface area contributed by atoms with Crippen LogP contribution in [0.15, 0.2) is 53.4 Å². The molecule has 0 amide bonds. The van der Waals surface area contributed by atoms with Crippen molar-refractivity contribution in [2.45, 2.75) is 11.3 Å². The van der Waals surface area contributed by atoms with Crippen LogP contribution >= 0.6 is 0 Å². The van der Waals surface area contributed by atoms with Crippen molar-refractivity contribution in [1.82, 2.24) is 9.62 Å². The molecule has 0 atom stereocenters. The average Bonchev–Trinajstić information content (AvgIpc) is 2.66. The second-order valence-electron chi connectivity index (χ2n) is 6.51. The Bertz CT molecular complexity index is 852. The van der Waals surface area contributed by atoms with Gasteiger partial charge in [0.05, 0.1) is 4.90 Å². The SMILES string of the molecule is O=S(=O)(NCCCN1CCN(c2ccc(F)cc2)CC1)c1cccc(F)c1. The summed E-state index contributed by atoms with van der Waals surface area (Å²) >= 11 is 0. The van der Waals surface area contributed by atoms with Gasteiger partial charge in [-0.3, -0.25) is 4.90 Å². The average molecular weight is 395 g/mol. The van der Waals surface area contributed by atoms with E-state index in [0.717, 1.165) is 44.5 Å². The molecule has 2 aromatic carbocycles. The molecule has 0 unspecified atom stereocenters. The molecule has 0 saturated carbocycles. The monoisotopic (exact) mass is 395 g/mol. The number of nitrogens with one attached hydrogen (secondary N) is 1. The molecule has 1 saturated heterocycles. The van der Waals surface area contributed by atoms with Crippen LogP contribution in [0.1, 0.15) is 6.42 Å². The van der Waals surface area contributed by atoms with Crippen LogP contribution in [0.2, 0.25) is 0 Å². The second kappa shape index (κ2) is 8.77. The molecule has 1 aliphatic heterocycles. The van der Waals surface area contributed by atoms with Crippen molar-refractivity contribution >= 4 is 15.7 Å². The third-order valence-electron chi connectivity index (χ3n) is 4.61. The molecular formula is C19H23F2N3O2S. The summed E-state index contributed by atoms with van der Waals surface area (Å²) in [5.74, 6) is -0.810. The van der Waals surface area contributed by atoms with E-state index in [-0.39, 0.29) is 10.7 Å². The zero-order chi connectivity index (χ0) is 19.3. The number of rotatable bonds is 7. The van der Waals surface area contributed by atoms with Crippen LogP contribution in [-0.2, 0) is 10.0 Å². The van der Waals surface area contributed by atoms with Crippen LogP contribution in [0, 0.1) is 11.6 Å². The summed E-state index contributed by atoms with van der Waals surface area (Å²) in [4.78, 5) is 4.43. The summed E-state index contributed by atoms with van der Waals surface area (Å²) in [5.41, 5.74) is 1.01. The lowest BCUT2D eigenvalue weighted by Crippen LogP contribution is -2.47. The van der Waals surface area contributed by atoms with E-state index in [1.165, 1.54) is 30.3 Å². The molecule has 1 N–H and O–H groups in total. The van der Waals surface area contributed by atoms with Crippen LogP contribution in [0.3, 0.4) is 0 Å². The van der Waals surface area contributed by atoms with Gasteiger partial charge < -0.3 is 4.90 Å². The lowest BCUT2D eigenvalue weighted by Gasteiger charge is -2.36. The number of halogens is 2. The number of anilines is 1. The highest BCUT2D eigenvalue weighted by Gasteiger charge is 2.18.